The smallest absolute Gasteiger partial charge is 0.408 e. The van der Waals surface area contributed by atoms with E-state index in [0.717, 1.165) is 11.1 Å². The van der Waals surface area contributed by atoms with Crippen LogP contribution < -0.4 is 21.1 Å². The van der Waals surface area contributed by atoms with Crippen molar-refractivity contribution >= 4 is 17.9 Å². The Morgan fingerprint density at radius 2 is 1.59 bits per heavy atom. The number of nitrogens with two attached hydrogens (primary N) is 1. The standard InChI is InChI=1S/C25H33N3O6/c1-16(29)21(22(26)30)28-23(31)20(27-24(32)34-25(2,3)4)14-17-10-12-19(13-11-17)33-15-18-8-6-5-7-9-18/h5-13,16,20-21,29H,14-15H2,1-4H3,(H2,26,30)(H,27,32)(H,28,31)/t16-,20-,21-/m0/s1. The molecule has 0 aliphatic rings. The van der Waals surface area contributed by atoms with Crippen LogP contribution in [0.15, 0.2) is 54.6 Å². The van der Waals surface area contributed by atoms with Crippen molar-refractivity contribution in [2.75, 3.05) is 0 Å². The molecule has 0 fully saturated rings. The highest BCUT2D eigenvalue weighted by molar-refractivity contribution is 5.91. The van der Waals surface area contributed by atoms with E-state index in [0.29, 0.717) is 12.4 Å². The minimum atomic E-state index is -1.30. The molecule has 0 saturated heterocycles. The molecule has 2 aromatic carbocycles. The van der Waals surface area contributed by atoms with E-state index in [1.54, 1.807) is 45.0 Å². The van der Waals surface area contributed by atoms with E-state index in [9.17, 15) is 19.5 Å². The lowest BCUT2D eigenvalue weighted by Gasteiger charge is -2.25. The summed E-state index contributed by atoms with van der Waals surface area (Å²) in [6.07, 6.45) is -1.89. The van der Waals surface area contributed by atoms with Crippen molar-refractivity contribution in [3.63, 3.8) is 0 Å². The molecule has 0 aromatic heterocycles. The van der Waals surface area contributed by atoms with Gasteiger partial charge in [0, 0.05) is 6.42 Å². The van der Waals surface area contributed by atoms with Crippen LogP contribution >= 0.6 is 0 Å². The summed E-state index contributed by atoms with van der Waals surface area (Å²) in [6, 6.07) is 14.4. The van der Waals surface area contributed by atoms with Crippen LogP contribution in [0.3, 0.4) is 0 Å². The number of benzene rings is 2. The first-order valence-corrected chi connectivity index (χ1v) is 11.0. The predicted molar refractivity (Wildman–Crippen MR) is 127 cm³/mol. The van der Waals surface area contributed by atoms with Gasteiger partial charge in [-0.05, 0) is 51.0 Å². The van der Waals surface area contributed by atoms with Gasteiger partial charge in [0.05, 0.1) is 6.10 Å². The number of hydrogen-bond acceptors (Lipinski definition) is 6. The van der Waals surface area contributed by atoms with Gasteiger partial charge in [-0.25, -0.2) is 4.79 Å². The molecule has 0 radical (unpaired) electrons. The summed E-state index contributed by atoms with van der Waals surface area (Å²) in [5.41, 5.74) is 6.27. The molecular formula is C25H33N3O6. The van der Waals surface area contributed by atoms with Crippen molar-refractivity contribution in [1.29, 1.82) is 0 Å². The van der Waals surface area contributed by atoms with E-state index in [1.165, 1.54) is 6.92 Å². The molecule has 3 amide bonds. The fourth-order valence-electron chi connectivity index (χ4n) is 3.04. The van der Waals surface area contributed by atoms with Crippen molar-refractivity contribution in [3.8, 4) is 5.75 Å². The second-order valence-corrected chi connectivity index (χ2v) is 8.95. The molecule has 3 atom stereocenters. The number of carbonyl (C=O) groups is 3. The normalized spacial score (nSPS) is 13.8. The lowest BCUT2D eigenvalue weighted by molar-refractivity contribution is -0.130. The van der Waals surface area contributed by atoms with Crippen molar-refractivity contribution in [3.05, 3.63) is 65.7 Å². The Hall–Kier alpha value is -3.59. The number of alkyl carbamates (subject to hydrolysis) is 1. The predicted octanol–water partition coefficient (Wildman–Crippen LogP) is 2.05. The number of carbonyl (C=O) groups excluding carboxylic acids is 3. The molecule has 0 aliphatic heterocycles. The Bertz CT molecular complexity index is 955. The maximum atomic E-state index is 12.9. The lowest BCUT2D eigenvalue weighted by Crippen LogP contribution is -2.57. The molecule has 0 spiro atoms. The topological polar surface area (TPSA) is 140 Å². The number of amides is 3. The lowest BCUT2D eigenvalue weighted by atomic mass is 10.0. The van der Waals surface area contributed by atoms with Crippen LogP contribution in [0, 0.1) is 0 Å². The highest BCUT2D eigenvalue weighted by Crippen LogP contribution is 2.16. The third-order valence-electron chi connectivity index (χ3n) is 4.71. The summed E-state index contributed by atoms with van der Waals surface area (Å²) in [4.78, 5) is 36.8. The minimum Gasteiger partial charge on any atom is -0.489 e. The molecule has 184 valence electrons. The largest absolute Gasteiger partial charge is 0.489 e. The Labute approximate surface area is 199 Å². The summed E-state index contributed by atoms with van der Waals surface area (Å²) in [5.74, 6) is -0.921. The zero-order chi connectivity index (χ0) is 25.3. The van der Waals surface area contributed by atoms with Crippen molar-refractivity contribution < 1.29 is 29.0 Å². The number of primary amides is 1. The third-order valence-corrected chi connectivity index (χ3v) is 4.71. The van der Waals surface area contributed by atoms with Gasteiger partial charge < -0.3 is 30.9 Å². The van der Waals surface area contributed by atoms with Gasteiger partial charge in [-0.3, -0.25) is 9.59 Å². The van der Waals surface area contributed by atoms with Gasteiger partial charge in [0.1, 0.15) is 30.0 Å². The molecule has 9 heteroatoms. The maximum absolute atomic E-state index is 12.9. The summed E-state index contributed by atoms with van der Waals surface area (Å²) in [5, 5.41) is 14.7. The van der Waals surface area contributed by atoms with E-state index in [2.05, 4.69) is 10.6 Å². The molecule has 0 unspecified atom stereocenters. The SMILES string of the molecule is C[C@H](O)[C@H](NC(=O)[C@H](Cc1ccc(OCc2ccccc2)cc1)NC(=O)OC(C)(C)C)C(N)=O. The quantitative estimate of drug-likeness (QED) is 0.418. The van der Waals surface area contributed by atoms with Crippen LogP contribution in [0.25, 0.3) is 0 Å². The fourth-order valence-corrected chi connectivity index (χ4v) is 3.04. The van der Waals surface area contributed by atoms with Crippen molar-refractivity contribution in [2.24, 2.45) is 5.73 Å². The van der Waals surface area contributed by atoms with Crippen LogP contribution in [0.2, 0.25) is 0 Å². The maximum Gasteiger partial charge on any atom is 0.408 e. The fraction of sp³-hybridized carbons (Fsp3) is 0.400. The molecule has 34 heavy (non-hydrogen) atoms. The van der Waals surface area contributed by atoms with Gasteiger partial charge in [-0.1, -0.05) is 42.5 Å². The summed E-state index contributed by atoms with van der Waals surface area (Å²) in [6.45, 7) is 6.85. The van der Waals surface area contributed by atoms with Crippen LogP contribution in [0.1, 0.15) is 38.8 Å². The minimum absolute atomic E-state index is 0.106. The number of aliphatic hydroxyl groups is 1. The molecule has 2 aromatic rings. The van der Waals surface area contributed by atoms with Crippen LogP contribution in [0.4, 0.5) is 4.79 Å². The Kier molecular flexibility index (Phi) is 9.44. The molecule has 0 bridgehead atoms. The molecule has 2 rings (SSSR count). The first-order chi connectivity index (χ1) is 15.9. The van der Waals surface area contributed by atoms with E-state index in [-0.39, 0.29) is 6.42 Å². The number of nitrogens with one attached hydrogen (secondary N) is 2. The molecule has 9 nitrogen and oxygen atoms in total. The van der Waals surface area contributed by atoms with Crippen LogP contribution in [-0.2, 0) is 27.4 Å². The van der Waals surface area contributed by atoms with Gasteiger partial charge in [0.25, 0.3) is 0 Å². The van der Waals surface area contributed by atoms with E-state index < -0.39 is 41.7 Å². The first-order valence-electron chi connectivity index (χ1n) is 11.0. The van der Waals surface area contributed by atoms with Gasteiger partial charge in [-0.2, -0.15) is 0 Å². The number of rotatable bonds is 10. The first kappa shape index (κ1) is 26.7. The zero-order valence-corrected chi connectivity index (χ0v) is 19.9. The second-order valence-electron chi connectivity index (χ2n) is 8.95. The van der Waals surface area contributed by atoms with Crippen molar-refractivity contribution in [2.45, 2.75) is 64.5 Å². The third kappa shape index (κ3) is 9.11. The average Bonchev–Trinajstić information content (AvgIpc) is 2.75. The van der Waals surface area contributed by atoms with E-state index in [4.69, 9.17) is 15.2 Å². The second kappa shape index (κ2) is 12.0. The zero-order valence-electron chi connectivity index (χ0n) is 19.9. The number of hydrogen-bond donors (Lipinski definition) is 4. The Morgan fingerprint density at radius 1 is 0.971 bits per heavy atom. The molecule has 0 saturated carbocycles. The van der Waals surface area contributed by atoms with E-state index >= 15 is 0 Å². The average molecular weight is 472 g/mol. The molecule has 0 heterocycles. The van der Waals surface area contributed by atoms with Crippen LogP contribution in [0.5, 0.6) is 5.75 Å². The van der Waals surface area contributed by atoms with Crippen LogP contribution in [-0.4, -0.2) is 46.8 Å². The number of ether oxygens (including phenoxy) is 2. The number of aliphatic hydroxyl groups excluding tert-OH is 1. The molecular weight excluding hydrogens is 438 g/mol. The van der Waals surface area contributed by atoms with Crippen molar-refractivity contribution in [1.82, 2.24) is 10.6 Å². The highest BCUT2D eigenvalue weighted by atomic mass is 16.6. The summed E-state index contributed by atoms with van der Waals surface area (Å²) >= 11 is 0. The van der Waals surface area contributed by atoms with Gasteiger partial charge in [0.15, 0.2) is 0 Å². The van der Waals surface area contributed by atoms with Gasteiger partial charge in [0.2, 0.25) is 11.8 Å². The summed E-state index contributed by atoms with van der Waals surface area (Å²) in [7, 11) is 0. The van der Waals surface area contributed by atoms with Gasteiger partial charge >= 0.3 is 6.09 Å². The molecule has 5 N–H and O–H groups in total. The summed E-state index contributed by atoms with van der Waals surface area (Å²) < 4.78 is 11.0. The molecule has 0 aliphatic carbocycles. The van der Waals surface area contributed by atoms with Gasteiger partial charge in [-0.15, -0.1) is 0 Å². The van der Waals surface area contributed by atoms with E-state index in [1.807, 2.05) is 30.3 Å². The Balaban J connectivity index is 2.10. The highest BCUT2D eigenvalue weighted by Gasteiger charge is 2.29. The monoisotopic (exact) mass is 471 g/mol. The Morgan fingerprint density at radius 3 is 2.12 bits per heavy atom.